The number of pyridine rings is 1. The average molecular weight is 340 g/mol. The fraction of sp³-hybridized carbons (Fsp3) is 0.176. The largest absolute Gasteiger partial charge is 0.496 e. The van der Waals surface area contributed by atoms with Gasteiger partial charge in [0.25, 0.3) is 11.5 Å². The van der Waals surface area contributed by atoms with Gasteiger partial charge in [0.1, 0.15) is 11.4 Å². The summed E-state index contributed by atoms with van der Waals surface area (Å²) in [5.74, 6) is 0.395. The minimum atomic E-state index is -0.386. The standard InChI is InChI=1S/C17H16N4O4/c1-21-10-11(14(24-2)8-15(21)22)17(23)20-9-12-16(19-6-5-18-12)13-4-3-7-25-13/h3-8,10H,9H2,1-2H3,(H,20,23). The van der Waals surface area contributed by atoms with E-state index in [1.807, 2.05) is 0 Å². The summed E-state index contributed by atoms with van der Waals surface area (Å²) in [5, 5.41) is 2.76. The van der Waals surface area contributed by atoms with Gasteiger partial charge in [-0.3, -0.25) is 14.6 Å². The third kappa shape index (κ3) is 3.42. The van der Waals surface area contributed by atoms with E-state index in [1.165, 1.54) is 23.9 Å². The lowest BCUT2D eigenvalue weighted by Gasteiger charge is -2.11. The Balaban J connectivity index is 1.83. The second-order valence-corrected chi connectivity index (χ2v) is 5.22. The first-order valence-corrected chi connectivity index (χ1v) is 7.46. The average Bonchev–Trinajstić information content (AvgIpc) is 3.16. The maximum absolute atomic E-state index is 12.5. The summed E-state index contributed by atoms with van der Waals surface area (Å²) in [6, 6.07) is 4.79. The van der Waals surface area contributed by atoms with Gasteiger partial charge in [-0.2, -0.15) is 0 Å². The first-order valence-electron chi connectivity index (χ1n) is 7.46. The van der Waals surface area contributed by atoms with Crippen LogP contribution in [0, 0.1) is 0 Å². The molecule has 0 saturated carbocycles. The molecule has 1 N–H and O–H groups in total. The van der Waals surface area contributed by atoms with Gasteiger partial charge >= 0.3 is 0 Å². The molecule has 0 aromatic carbocycles. The Morgan fingerprint density at radius 3 is 2.88 bits per heavy atom. The molecule has 0 aliphatic carbocycles. The molecule has 8 heteroatoms. The van der Waals surface area contributed by atoms with Crippen molar-refractivity contribution in [3.05, 3.63) is 64.7 Å². The zero-order valence-corrected chi connectivity index (χ0v) is 13.7. The monoisotopic (exact) mass is 340 g/mol. The van der Waals surface area contributed by atoms with E-state index in [2.05, 4.69) is 15.3 Å². The summed E-state index contributed by atoms with van der Waals surface area (Å²) in [7, 11) is 2.97. The Bertz CT molecular complexity index is 948. The Hall–Kier alpha value is -3.42. The third-order valence-corrected chi connectivity index (χ3v) is 3.60. The number of nitrogens with zero attached hydrogens (tertiary/aromatic N) is 3. The summed E-state index contributed by atoms with van der Waals surface area (Å²) in [4.78, 5) is 32.6. The van der Waals surface area contributed by atoms with E-state index < -0.39 is 0 Å². The number of furan rings is 1. The van der Waals surface area contributed by atoms with Crippen molar-refractivity contribution in [2.24, 2.45) is 7.05 Å². The first-order chi connectivity index (χ1) is 12.1. The molecule has 8 nitrogen and oxygen atoms in total. The third-order valence-electron chi connectivity index (χ3n) is 3.60. The Morgan fingerprint density at radius 1 is 1.36 bits per heavy atom. The van der Waals surface area contributed by atoms with Gasteiger partial charge in [-0.05, 0) is 12.1 Å². The number of rotatable bonds is 5. The number of aromatic nitrogens is 3. The van der Waals surface area contributed by atoms with Gasteiger partial charge in [0.2, 0.25) is 0 Å². The van der Waals surface area contributed by atoms with E-state index in [-0.39, 0.29) is 29.3 Å². The Morgan fingerprint density at radius 2 is 2.16 bits per heavy atom. The molecule has 0 aliphatic heterocycles. The van der Waals surface area contributed by atoms with E-state index in [0.29, 0.717) is 17.1 Å². The lowest BCUT2D eigenvalue weighted by molar-refractivity contribution is 0.0946. The summed E-state index contributed by atoms with van der Waals surface area (Å²) >= 11 is 0. The Kier molecular flexibility index (Phi) is 4.60. The van der Waals surface area contributed by atoms with E-state index in [0.717, 1.165) is 0 Å². The van der Waals surface area contributed by atoms with Crippen LogP contribution in [-0.4, -0.2) is 27.6 Å². The summed E-state index contributed by atoms with van der Waals surface area (Å²) in [5.41, 5.74) is 1.12. The molecule has 0 spiro atoms. The van der Waals surface area contributed by atoms with Crippen LogP contribution in [0.1, 0.15) is 16.1 Å². The van der Waals surface area contributed by atoms with Crippen LogP contribution in [0.5, 0.6) is 5.75 Å². The molecule has 0 saturated heterocycles. The molecular weight excluding hydrogens is 324 g/mol. The molecule has 25 heavy (non-hydrogen) atoms. The summed E-state index contributed by atoms with van der Waals surface area (Å²) < 4.78 is 11.8. The van der Waals surface area contributed by atoms with Crippen molar-refractivity contribution in [2.45, 2.75) is 6.54 Å². The highest BCUT2D eigenvalue weighted by Crippen LogP contribution is 2.20. The predicted octanol–water partition coefficient (Wildman–Crippen LogP) is 1.37. The van der Waals surface area contributed by atoms with Crippen molar-refractivity contribution in [1.82, 2.24) is 19.9 Å². The second kappa shape index (κ2) is 7.00. The van der Waals surface area contributed by atoms with E-state index in [9.17, 15) is 9.59 Å². The molecule has 0 radical (unpaired) electrons. The van der Waals surface area contributed by atoms with Gasteiger partial charge in [0.15, 0.2) is 5.76 Å². The van der Waals surface area contributed by atoms with Crippen LogP contribution < -0.4 is 15.6 Å². The van der Waals surface area contributed by atoms with E-state index >= 15 is 0 Å². The Labute approximate surface area is 143 Å². The second-order valence-electron chi connectivity index (χ2n) is 5.22. The van der Waals surface area contributed by atoms with Gasteiger partial charge in [-0.15, -0.1) is 0 Å². The number of nitrogens with one attached hydrogen (secondary N) is 1. The molecule has 1 amide bonds. The molecule has 0 fully saturated rings. The quantitative estimate of drug-likeness (QED) is 0.753. The lowest BCUT2D eigenvalue weighted by Crippen LogP contribution is -2.27. The number of carbonyl (C=O) groups excluding carboxylic acids is 1. The SMILES string of the molecule is COc1cc(=O)n(C)cc1C(=O)NCc1nccnc1-c1ccco1. The van der Waals surface area contributed by atoms with Crippen LogP contribution in [0.2, 0.25) is 0 Å². The number of ether oxygens (including phenoxy) is 1. The number of methoxy groups -OCH3 is 1. The van der Waals surface area contributed by atoms with Gasteiger partial charge in [-0.1, -0.05) is 0 Å². The fourth-order valence-corrected chi connectivity index (χ4v) is 2.33. The van der Waals surface area contributed by atoms with Crippen LogP contribution in [0.3, 0.4) is 0 Å². The minimum Gasteiger partial charge on any atom is -0.496 e. The highest BCUT2D eigenvalue weighted by atomic mass is 16.5. The van der Waals surface area contributed by atoms with Crippen LogP contribution in [0.25, 0.3) is 11.5 Å². The van der Waals surface area contributed by atoms with Gasteiger partial charge in [-0.25, -0.2) is 4.98 Å². The highest BCUT2D eigenvalue weighted by Gasteiger charge is 2.16. The van der Waals surface area contributed by atoms with Gasteiger partial charge in [0, 0.05) is 31.7 Å². The molecule has 3 aromatic heterocycles. The summed E-state index contributed by atoms with van der Waals surface area (Å²) in [6.45, 7) is 0.148. The normalized spacial score (nSPS) is 10.5. The molecule has 3 rings (SSSR count). The zero-order chi connectivity index (χ0) is 17.8. The van der Waals surface area contributed by atoms with Crippen molar-refractivity contribution < 1.29 is 13.9 Å². The molecule has 0 unspecified atom stereocenters. The van der Waals surface area contributed by atoms with Crippen molar-refractivity contribution in [1.29, 1.82) is 0 Å². The zero-order valence-electron chi connectivity index (χ0n) is 13.7. The maximum Gasteiger partial charge on any atom is 0.256 e. The van der Waals surface area contributed by atoms with E-state index in [4.69, 9.17) is 9.15 Å². The molecule has 3 aromatic rings. The topological polar surface area (TPSA) is 99.2 Å². The molecule has 0 bridgehead atoms. The number of aryl methyl sites for hydroxylation is 1. The van der Waals surface area contributed by atoms with Crippen LogP contribution >= 0.6 is 0 Å². The molecule has 128 valence electrons. The highest BCUT2D eigenvalue weighted by molar-refractivity contribution is 5.96. The molecule has 3 heterocycles. The smallest absolute Gasteiger partial charge is 0.256 e. The predicted molar refractivity (Wildman–Crippen MR) is 89.1 cm³/mol. The molecule has 0 aliphatic rings. The van der Waals surface area contributed by atoms with Crippen LogP contribution in [0.15, 0.2) is 52.3 Å². The van der Waals surface area contributed by atoms with Gasteiger partial charge < -0.3 is 19.0 Å². The summed E-state index contributed by atoms with van der Waals surface area (Å²) in [6.07, 6.45) is 6.07. The maximum atomic E-state index is 12.5. The number of amides is 1. The number of hydrogen-bond donors (Lipinski definition) is 1. The molecular formula is C17H16N4O4. The van der Waals surface area contributed by atoms with Crippen molar-refractivity contribution >= 4 is 5.91 Å². The first kappa shape index (κ1) is 16.4. The van der Waals surface area contributed by atoms with Crippen molar-refractivity contribution in [2.75, 3.05) is 7.11 Å². The lowest BCUT2D eigenvalue weighted by atomic mass is 10.2. The van der Waals surface area contributed by atoms with Crippen LogP contribution in [0.4, 0.5) is 0 Å². The minimum absolute atomic E-state index is 0.148. The number of hydrogen-bond acceptors (Lipinski definition) is 6. The van der Waals surface area contributed by atoms with Crippen molar-refractivity contribution in [3.63, 3.8) is 0 Å². The molecule has 0 atom stereocenters. The van der Waals surface area contributed by atoms with E-state index in [1.54, 1.807) is 37.8 Å². The van der Waals surface area contributed by atoms with Crippen molar-refractivity contribution in [3.8, 4) is 17.2 Å². The fourth-order valence-electron chi connectivity index (χ4n) is 2.33. The van der Waals surface area contributed by atoms with Gasteiger partial charge in [0.05, 0.1) is 31.2 Å². The number of carbonyl (C=O) groups is 1. The van der Waals surface area contributed by atoms with Crippen LogP contribution in [-0.2, 0) is 13.6 Å².